The highest BCUT2D eigenvalue weighted by atomic mass is 32.2. The number of methoxy groups -OCH3 is 2. The molecule has 2 N–H and O–H groups in total. The van der Waals surface area contributed by atoms with Crippen molar-refractivity contribution >= 4 is 33.4 Å². The average molecular weight is 516 g/mol. The molecule has 1 aliphatic rings. The summed E-state index contributed by atoms with van der Waals surface area (Å²) in [5.74, 6) is -1.48. The number of ether oxygens (including phenoxy) is 3. The Morgan fingerprint density at radius 3 is 2.40 bits per heavy atom. The van der Waals surface area contributed by atoms with Crippen LogP contribution in [0.15, 0.2) is 41.3 Å². The zero-order valence-electron chi connectivity index (χ0n) is 18.8. The number of benzene rings is 2. The molecular weight excluding hydrogens is 493 g/mol. The molecule has 0 aliphatic carbocycles. The standard InChI is InChI=1S/C22H23F3N2O7S/c1-32-18-11-14(3-6-20(28)29)12-19(21(18)33-2)35(30,31)26-16-13-15(22(23,24)25)4-5-17(16)27-7-9-34-10-8-27/h3-6,11-13,26H,7-10H2,1-2H3,(H,28,29)/b6-3+. The molecule has 1 fully saturated rings. The summed E-state index contributed by atoms with van der Waals surface area (Å²) in [6.07, 6.45) is -2.76. The third-order valence-electron chi connectivity index (χ3n) is 5.09. The Morgan fingerprint density at radius 2 is 1.83 bits per heavy atom. The highest BCUT2D eigenvalue weighted by molar-refractivity contribution is 7.92. The highest BCUT2D eigenvalue weighted by Crippen LogP contribution is 2.40. The van der Waals surface area contributed by atoms with Gasteiger partial charge in [0.2, 0.25) is 0 Å². The van der Waals surface area contributed by atoms with Crippen LogP contribution in [0.2, 0.25) is 0 Å². The third-order valence-corrected chi connectivity index (χ3v) is 6.47. The maximum absolute atomic E-state index is 13.4. The number of morpholine rings is 1. The zero-order valence-corrected chi connectivity index (χ0v) is 19.6. The topological polar surface area (TPSA) is 114 Å². The summed E-state index contributed by atoms with van der Waals surface area (Å²) < 4.78 is 85.0. The molecule has 0 amide bonds. The van der Waals surface area contributed by atoms with Crippen LogP contribution in [-0.4, -0.2) is 60.0 Å². The fourth-order valence-corrected chi connectivity index (χ4v) is 4.77. The van der Waals surface area contributed by atoms with E-state index in [9.17, 15) is 26.4 Å². The van der Waals surface area contributed by atoms with Crippen LogP contribution in [0.4, 0.5) is 24.5 Å². The Morgan fingerprint density at radius 1 is 1.14 bits per heavy atom. The van der Waals surface area contributed by atoms with Gasteiger partial charge in [-0.2, -0.15) is 13.2 Å². The molecule has 0 aromatic heterocycles. The Labute approximate surface area is 199 Å². The molecule has 1 aliphatic heterocycles. The molecule has 0 saturated carbocycles. The van der Waals surface area contributed by atoms with E-state index < -0.39 is 32.6 Å². The summed E-state index contributed by atoms with van der Waals surface area (Å²) in [4.78, 5) is 12.2. The monoisotopic (exact) mass is 516 g/mol. The van der Waals surface area contributed by atoms with Crippen LogP contribution in [0.5, 0.6) is 11.5 Å². The van der Waals surface area contributed by atoms with E-state index in [1.807, 2.05) is 0 Å². The molecule has 9 nitrogen and oxygen atoms in total. The van der Waals surface area contributed by atoms with E-state index in [0.29, 0.717) is 26.3 Å². The van der Waals surface area contributed by atoms with E-state index >= 15 is 0 Å². The number of rotatable bonds is 8. The number of halogens is 3. The van der Waals surface area contributed by atoms with Gasteiger partial charge >= 0.3 is 12.1 Å². The van der Waals surface area contributed by atoms with E-state index in [0.717, 1.165) is 30.4 Å². The summed E-state index contributed by atoms with van der Waals surface area (Å²) in [6, 6.07) is 5.30. The van der Waals surface area contributed by atoms with Gasteiger partial charge < -0.3 is 24.2 Å². The van der Waals surface area contributed by atoms with Gasteiger partial charge in [0.1, 0.15) is 4.90 Å². The van der Waals surface area contributed by atoms with Gasteiger partial charge in [0, 0.05) is 19.2 Å². The van der Waals surface area contributed by atoms with Crippen molar-refractivity contribution in [3.05, 3.63) is 47.5 Å². The first-order valence-electron chi connectivity index (χ1n) is 10.2. The van der Waals surface area contributed by atoms with Crippen molar-refractivity contribution in [1.82, 2.24) is 0 Å². The number of alkyl halides is 3. The summed E-state index contributed by atoms with van der Waals surface area (Å²) in [5.41, 5.74) is -0.912. The van der Waals surface area contributed by atoms with Gasteiger partial charge in [0.05, 0.1) is 44.4 Å². The van der Waals surface area contributed by atoms with Gasteiger partial charge in [-0.1, -0.05) is 0 Å². The average Bonchev–Trinajstić information content (AvgIpc) is 2.81. The lowest BCUT2D eigenvalue weighted by Crippen LogP contribution is -2.36. The lowest BCUT2D eigenvalue weighted by molar-refractivity contribution is -0.137. The van der Waals surface area contributed by atoms with E-state index in [4.69, 9.17) is 19.3 Å². The van der Waals surface area contributed by atoms with Crippen LogP contribution < -0.4 is 19.1 Å². The minimum Gasteiger partial charge on any atom is -0.493 e. The molecule has 1 heterocycles. The second kappa shape index (κ2) is 10.4. The molecule has 0 radical (unpaired) electrons. The van der Waals surface area contributed by atoms with Gasteiger partial charge in [-0.15, -0.1) is 0 Å². The van der Waals surface area contributed by atoms with Gasteiger partial charge in [0.15, 0.2) is 11.5 Å². The number of aliphatic carboxylic acids is 1. The van der Waals surface area contributed by atoms with Gasteiger partial charge in [-0.05, 0) is 42.0 Å². The fourth-order valence-electron chi connectivity index (χ4n) is 3.49. The molecule has 3 rings (SSSR count). The van der Waals surface area contributed by atoms with Crippen LogP contribution >= 0.6 is 0 Å². The van der Waals surface area contributed by atoms with E-state index in [1.54, 1.807) is 4.90 Å². The quantitative estimate of drug-likeness (QED) is 0.513. The van der Waals surface area contributed by atoms with Crippen molar-refractivity contribution in [1.29, 1.82) is 0 Å². The first-order chi connectivity index (χ1) is 16.5. The Hall–Kier alpha value is -3.45. The third kappa shape index (κ3) is 6.17. The molecule has 2 aromatic rings. The molecule has 1 saturated heterocycles. The van der Waals surface area contributed by atoms with Crippen molar-refractivity contribution < 1.29 is 45.7 Å². The molecule has 190 valence electrons. The predicted molar refractivity (Wildman–Crippen MR) is 122 cm³/mol. The molecule has 35 heavy (non-hydrogen) atoms. The number of nitrogens with one attached hydrogen (secondary N) is 1. The van der Waals surface area contributed by atoms with E-state index in [1.165, 1.54) is 26.4 Å². The molecular formula is C22H23F3N2O7S. The minimum atomic E-state index is -4.70. The molecule has 0 unspecified atom stereocenters. The van der Waals surface area contributed by atoms with Crippen LogP contribution in [0.1, 0.15) is 11.1 Å². The largest absolute Gasteiger partial charge is 0.493 e. The fraction of sp³-hybridized carbons (Fsp3) is 0.318. The van der Waals surface area contributed by atoms with Crippen LogP contribution in [0, 0.1) is 0 Å². The molecule has 0 atom stereocenters. The lowest BCUT2D eigenvalue weighted by atomic mass is 10.1. The molecule has 0 spiro atoms. The zero-order chi connectivity index (χ0) is 25.8. The van der Waals surface area contributed by atoms with Crippen molar-refractivity contribution in [2.75, 3.05) is 50.1 Å². The van der Waals surface area contributed by atoms with Crippen molar-refractivity contribution in [3.8, 4) is 11.5 Å². The first kappa shape index (κ1) is 26.2. The molecule has 0 bridgehead atoms. The van der Waals surface area contributed by atoms with Gasteiger partial charge in [-0.3, -0.25) is 4.72 Å². The van der Waals surface area contributed by atoms with Crippen molar-refractivity contribution in [3.63, 3.8) is 0 Å². The van der Waals surface area contributed by atoms with Gasteiger partial charge in [0.25, 0.3) is 10.0 Å². The first-order valence-corrected chi connectivity index (χ1v) is 11.7. The highest BCUT2D eigenvalue weighted by Gasteiger charge is 2.33. The van der Waals surface area contributed by atoms with Crippen molar-refractivity contribution in [2.24, 2.45) is 0 Å². The second-order valence-electron chi connectivity index (χ2n) is 7.36. The maximum atomic E-state index is 13.4. The number of anilines is 2. The maximum Gasteiger partial charge on any atom is 0.416 e. The summed E-state index contributed by atoms with van der Waals surface area (Å²) in [6.45, 7) is 1.37. The smallest absolute Gasteiger partial charge is 0.416 e. The van der Waals surface area contributed by atoms with Gasteiger partial charge in [-0.25, -0.2) is 13.2 Å². The van der Waals surface area contributed by atoms with E-state index in [2.05, 4.69) is 4.72 Å². The van der Waals surface area contributed by atoms with Crippen molar-refractivity contribution in [2.45, 2.75) is 11.1 Å². The Bertz CT molecular complexity index is 1220. The number of hydrogen-bond acceptors (Lipinski definition) is 7. The second-order valence-corrected chi connectivity index (χ2v) is 9.01. The lowest BCUT2D eigenvalue weighted by Gasteiger charge is -2.31. The van der Waals surface area contributed by atoms with E-state index in [-0.39, 0.29) is 28.4 Å². The Kier molecular flexibility index (Phi) is 7.80. The predicted octanol–water partition coefficient (Wildman–Crippen LogP) is 3.46. The summed E-state index contributed by atoms with van der Waals surface area (Å²) in [7, 11) is -2.07. The summed E-state index contributed by atoms with van der Waals surface area (Å²) in [5, 5.41) is 8.89. The number of carboxylic acid groups (broad SMARTS) is 1. The molecule has 13 heteroatoms. The normalized spacial score (nSPS) is 14.7. The molecule has 2 aromatic carbocycles. The minimum absolute atomic E-state index is 0.0159. The number of carboxylic acids is 1. The number of hydrogen-bond donors (Lipinski definition) is 2. The summed E-state index contributed by atoms with van der Waals surface area (Å²) >= 11 is 0. The van der Waals surface area contributed by atoms with Crippen LogP contribution in [0.25, 0.3) is 6.08 Å². The number of nitrogens with zero attached hydrogens (tertiary/aromatic N) is 1. The SMILES string of the molecule is COc1cc(/C=C/C(=O)O)cc(S(=O)(=O)Nc2cc(C(F)(F)F)ccc2N2CCOCC2)c1OC. The number of carbonyl (C=O) groups is 1. The van der Waals surface area contributed by atoms with Crippen LogP contribution in [-0.2, 0) is 25.7 Å². The van der Waals surface area contributed by atoms with Crippen LogP contribution in [0.3, 0.4) is 0 Å². The number of sulfonamides is 1. The Balaban J connectivity index is 2.14.